The van der Waals surface area contributed by atoms with Crippen LogP contribution in [0.4, 0.5) is 0 Å². The first-order chi connectivity index (χ1) is 8.48. The summed E-state index contributed by atoms with van der Waals surface area (Å²) in [5.41, 5.74) is 0.650. The van der Waals surface area contributed by atoms with E-state index in [1.807, 2.05) is 20.8 Å². The van der Waals surface area contributed by atoms with Gasteiger partial charge < -0.3 is 19.8 Å². The molecule has 0 bridgehead atoms. The summed E-state index contributed by atoms with van der Waals surface area (Å²) in [7, 11) is 0. The standard InChI is InChI=1S/C12H19N3O3/c1-8-9(2)18-11(15-8)4-14-10(16)5-17-12(3)6-13-7-12/h13H,4-7H2,1-3H3,(H,14,16). The van der Waals surface area contributed by atoms with E-state index in [4.69, 9.17) is 9.15 Å². The van der Waals surface area contributed by atoms with E-state index in [9.17, 15) is 4.79 Å². The van der Waals surface area contributed by atoms with Crippen LogP contribution < -0.4 is 10.6 Å². The Morgan fingerprint density at radius 3 is 2.78 bits per heavy atom. The second kappa shape index (κ2) is 5.07. The molecule has 0 atom stereocenters. The van der Waals surface area contributed by atoms with Crippen molar-refractivity contribution in [3.05, 3.63) is 17.3 Å². The van der Waals surface area contributed by atoms with E-state index < -0.39 is 0 Å². The van der Waals surface area contributed by atoms with E-state index in [-0.39, 0.29) is 18.1 Å². The van der Waals surface area contributed by atoms with Gasteiger partial charge in [0.15, 0.2) is 0 Å². The van der Waals surface area contributed by atoms with Gasteiger partial charge in [-0.1, -0.05) is 0 Å². The number of aryl methyl sites for hydroxylation is 2. The molecule has 18 heavy (non-hydrogen) atoms. The zero-order valence-corrected chi connectivity index (χ0v) is 11.0. The highest BCUT2D eigenvalue weighted by atomic mass is 16.5. The molecule has 0 unspecified atom stereocenters. The second-order valence-corrected chi connectivity index (χ2v) is 4.87. The van der Waals surface area contributed by atoms with Crippen LogP contribution in [-0.2, 0) is 16.1 Å². The number of nitrogens with one attached hydrogen (secondary N) is 2. The van der Waals surface area contributed by atoms with E-state index in [1.54, 1.807) is 0 Å². The van der Waals surface area contributed by atoms with Crippen molar-refractivity contribution in [2.24, 2.45) is 0 Å². The van der Waals surface area contributed by atoms with Crippen LogP contribution in [0, 0.1) is 13.8 Å². The van der Waals surface area contributed by atoms with Gasteiger partial charge in [0.2, 0.25) is 11.8 Å². The highest BCUT2D eigenvalue weighted by Crippen LogP contribution is 2.14. The van der Waals surface area contributed by atoms with Gasteiger partial charge in [0, 0.05) is 13.1 Å². The first-order valence-electron chi connectivity index (χ1n) is 6.03. The Balaban J connectivity index is 1.71. The number of nitrogens with zero attached hydrogens (tertiary/aromatic N) is 1. The summed E-state index contributed by atoms with van der Waals surface area (Å²) in [5, 5.41) is 5.83. The summed E-state index contributed by atoms with van der Waals surface area (Å²) >= 11 is 0. The Kier molecular flexibility index (Phi) is 3.68. The van der Waals surface area contributed by atoms with Gasteiger partial charge in [-0.25, -0.2) is 4.98 Å². The Bertz CT molecular complexity index is 418. The van der Waals surface area contributed by atoms with Gasteiger partial charge in [-0.3, -0.25) is 4.79 Å². The van der Waals surface area contributed by atoms with Crippen molar-refractivity contribution < 1.29 is 13.9 Å². The lowest BCUT2D eigenvalue weighted by Crippen LogP contribution is -2.59. The van der Waals surface area contributed by atoms with E-state index in [1.165, 1.54) is 0 Å². The number of rotatable bonds is 5. The molecule has 2 heterocycles. The lowest BCUT2D eigenvalue weighted by atomic mass is 10.0. The molecule has 1 aromatic heterocycles. The minimum atomic E-state index is -0.201. The van der Waals surface area contributed by atoms with Crippen LogP contribution in [0.5, 0.6) is 0 Å². The zero-order valence-electron chi connectivity index (χ0n) is 11.0. The summed E-state index contributed by atoms with van der Waals surface area (Å²) in [6, 6.07) is 0. The first-order valence-corrected chi connectivity index (χ1v) is 6.03. The highest BCUT2D eigenvalue weighted by Gasteiger charge is 2.32. The Hall–Kier alpha value is -1.40. The molecule has 0 spiro atoms. The second-order valence-electron chi connectivity index (χ2n) is 4.87. The van der Waals surface area contributed by atoms with Crippen molar-refractivity contribution in [1.82, 2.24) is 15.6 Å². The predicted molar refractivity (Wildman–Crippen MR) is 65.1 cm³/mol. The molecule has 0 radical (unpaired) electrons. The summed E-state index contributed by atoms with van der Waals surface area (Å²) in [5.74, 6) is 1.15. The van der Waals surface area contributed by atoms with Crippen LogP contribution >= 0.6 is 0 Å². The van der Waals surface area contributed by atoms with Gasteiger partial charge in [-0.15, -0.1) is 0 Å². The smallest absolute Gasteiger partial charge is 0.246 e. The number of aromatic nitrogens is 1. The van der Waals surface area contributed by atoms with Crippen LogP contribution in [0.2, 0.25) is 0 Å². The lowest BCUT2D eigenvalue weighted by molar-refractivity contribution is -0.136. The van der Waals surface area contributed by atoms with E-state index in [0.717, 1.165) is 24.5 Å². The topological polar surface area (TPSA) is 76.4 Å². The van der Waals surface area contributed by atoms with Crippen LogP contribution in [0.25, 0.3) is 0 Å². The minimum Gasteiger partial charge on any atom is -0.444 e. The fourth-order valence-electron chi connectivity index (χ4n) is 1.66. The minimum absolute atomic E-state index is 0.0663. The quantitative estimate of drug-likeness (QED) is 0.788. The SMILES string of the molecule is Cc1nc(CNC(=O)COC2(C)CNC2)oc1C. The Morgan fingerprint density at radius 1 is 1.56 bits per heavy atom. The molecule has 6 heteroatoms. The molecule has 6 nitrogen and oxygen atoms in total. The Morgan fingerprint density at radius 2 is 2.28 bits per heavy atom. The molecule has 2 rings (SSSR count). The molecule has 1 aliphatic rings. The molecule has 1 aromatic rings. The number of ether oxygens (including phenoxy) is 1. The molecule has 0 saturated carbocycles. The lowest BCUT2D eigenvalue weighted by Gasteiger charge is -2.38. The van der Waals surface area contributed by atoms with Crippen molar-refractivity contribution in [2.45, 2.75) is 32.9 Å². The van der Waals surface area contributed by atoms with E-state index >= 15 is 0 Å². The van der Waals surface area contributed by atoms with Crippen molar-refractivity contribution in [3.8, 4) is 0 Å². The van der Waals surface area contributed by atoms with Gasteiger partial charge >= 0.3 is 0 Å². The first kappa shape index (κ1) is 13.0. The van der Waals surface area contributed by atoms with Crippen molar-refractivity contribution in [3.63, 3.8) is 0 Å². The van der Waals surface area contributed by atoms with Gasteiger partial charge in [0.25, 0.3) is 0 Å². The average molecular weight is 253 g/mol. The summed E-state index contributed by atoms with van der Waals surface area (Å²) in [4.78, 5) is 15.8. The maximum atomic E-state index is 11.6. The normalized spacial score (nSPS) is 17.3. The van der Waals surface area contributed by atoms with E-state index in [2.05, 4.69) is 15.6 Å². The number of hydrogen-bond acceptors (Lipinski definition) is 5. The van der Waals surface area contributed by atoms with Crippen molar-refractivity contribution in [2.75, 3.05) is 19.7 Å². The van der Waals surface area contributed by atoms with Gasteiger partial charge in [0.05, 0.1) is 17.8 Å². The number of carbonyl (C=O) groups is 1. The molecule has 0 aromatic carbocycles. The van der Waals surface area contributed by atoms with Gasteiger partial charge in [-0.05, 0) is 20.8 Å². The van der Waals surface area contributed by atoms with Gasteiger partial charge in [0.1, 0.15) is 12.4 Å². The molecule has 100 valence electrons. The largest absolute Gasteiger partial charge is 0.444 e. The molecule has 0 aliphatic carbocycles. The molecular weight excluding hydrogens is 234 g/mol. The summed E-state index contributed by atoms with van der Waals surface area (Å²) < 4.78 is 10.9. The third-order valence-corrected chi connectivity index (χ3v) is 3.06. The molecule has 1 saturated heterocycles. The monoisotopic (exact) mass is 253 g/mol. The molecular formula is C12H19N3O3. The number of oxazole rings is 1. The van der Waals surface area contributed by atoms with Crippen LogP contribution in [0.3, 0.4) is 0 Å². The van der Waals surface area contributed by atoms with Crippen molar-refractivity contribution >= 4 is 5.91 Å². The molecule has 1 aliphatic heterocycles. The maximum absolute atomic E-state index is 11.6. The van der Waals surface area contributed by atoms with Crippen molar-refractivity contribution in [1.29, 1.82) is 0 Å². The van der Waals surface area contributed by atoms with Crippen LogP contribution in [-0.4, -0.2) is 36.2 Å². The maximum Gasteiger partial charge on any atom is 0.246 e. The fraction of sp³-hybridized carbons (Fsp3) is 0.667. The summed E-state index contributed by atoms with van der Waals surface area (Å²) in [6.45, 7) is 7.65. The van der Waals surface area contributed by atoms with Crippen LogP contribution in [0.15, 0.2) is 4.42 Å². The Labute approximate surface area is 106 Å². The predicted octanol–water partition coefficient (Wildman–Crippen LogP) is 0.286. The van der Waals surface area contributed by atoms with Gasteiger partial charge in [-0.2, -0.15) is 0 Å². The third kappa shape index (κ3) is 3.08. The molecule has 1 amide bonds. The fourth-order valence-corrected chi connectivity index (χ4v) is 1.66. The number of amides is 1. The van der Waals surface area contributed by atoms with E-state index in [0.29, 0.717) is 12.4 Å². The zero-order chi connectivity index (χ0) is 13.2. The summed E-state index contributed by atoms with van der Waals surface area (Å²) in [6.07, 6.45) is 0. The third-order valence-electron chi connectivity index (χ3n) is 3.06. The molecule has 2 N–H and O–H groups in total. The highest BCUT2D eigenvalue weighted by molar-refractivity contribution is 5.77. The number of carbonyl (C=O) groups excluding carboxylic acids is 1. The number of hydrogen-bond donors (Lipinski definition) is 2. The average Bonchev–Trinajstić information content (AvgIpc) is 2.61. The molecule has 1 fully saturated rings. The van der Waals surface area contributed by atoms with Crippen LogP contribution in [0.1, 0.15) is 24.3 Å².